The topological polar surface area (TPSA) is 51.1 Å². The van der Waals surface area contributed by atoms with Gasteiger partial charge in [0.2, 0.25) is 5.91 Å². The summed E-state index contributed by atoms with van der Waals surface area (Å²) >= 11 is 6.07. The molecule has 1 N–H and O–H groups in total. The fraction of sp³-hybridized carbons (Fsp3) is 0.158. The van der Waals surface area contributed by atoms with Gasteiger partial charge >= 0.3 is 0 Å². The lowest BCUT2D eigenvalue weighted by atomic mass is 10.1. The molecule has 0 radical (unpaired) electrons. The van der Waals surface area contributed by atoms with Crippen LogP contribution in [0.4, 0.5) is 5.69 Å². The van der Waals surface area contributed by atoms with Gasteiger partial charge in [-0.15, -0.1) is 0 Å². The van der Waals surface area contributed by atoms with Gasteiger partial charge in [-0.05, 0) is 43.2 Å². The van der Waals surface area contributed by atoms with Crippen LogP contribution in [0.15, 0.2) is 42.6 Å². The molecular weight excluding hydrogens is 324 g/mol. The first kappa shape index (κ1) is 16.3. The van der Waals surface area contributed by atoms with E-state index in [4.69, 9.17) is 11.6 Å². The predicted octanol–water partition coefficient (Wildman–Crippen LogP) is 4.82. The van der Waals surface area contributed by atoms with Gasteiger partial charge in [0.05, 0.1) is 11.1 Å². The molecule has 122 valence electrons. The standard InChI is InChI=1S/C19H17ClN2O2/c1-11-5-4-6-12(2)18(11)21-19(24)16-10-22(13(3)23)17-8-7-14(20)9-15(16)17/h4-10H,1-3H3,(H,21,24). The van der Waals surface area contributed by atoms with E-state index in [1.54, 1.807) is 24.4 Å². The minimum Gasteiger partial charge on any atom is -0.321 e. The Morgan fingerprint density at radius 2 is 1.75 bits per heavy atom. The lowest BCUT2D eigenvalue weighted by molar-refractivity contribution is 0.0941. The maximum absolute atomic E-state index is 12.8. The van der Waals surface area contributed by atoms with Crippen LogP contribution >= 0.6 is 11.6 Å². The molecule has 4 nitrogen and oxygen atoms in total. The molecule has 5 heteroatoms. The number of hydrogen-bond acceptors (Lipinski definition) is 2. The van der Waals surface area contributed by atoms with Crippen molar-refractivity contribution in [2.45, 2.75) is 20.8 Å². The molecule has 3 aromatic rings. The summed E-state index contributed by atoms with van der Waals surface area (Å²) in [5.41, 5.74) is 3.84. The maximum Gasteiger partial charge on any atom is 0.257 e. The van der Waals surface area contributed by atoms with Gasteiger partial charge in [-0.25, -0.2) is 0 Å². The first-order chi connectivity index (χ1) is 11.4. The summed E-state index contributed by atoms with van der Waals surface area (Å²) in [6.45, 7) is 5.35. The number of para-hydroxylation sites is 1. The van der Waals surface area contributed by atoms with Crippen LogP contribution in [-0.4, -0.2) is 16.4 Å². The minimum atomic E-state index is -0.264. The van der Waals surface area contributed by atoms with E-state index < -0.39 is 0 Å². The molecule has 0 saturated heterocycles. The second-order valence-corrected chi connectivity index (χ2v) is 6.25. The highest BCUT2D eigenvalue weighted by Crippen LogP contribution is 2.27. The number of carbonyl (C=O) groups excluding carboxylic acids is 2. The van der Waals surface area contributed by atoms with Gasteiger partial charge in [0, 0.05) is 29.2 Å². The third-order valence-electron chi connectivity index (χ3n) is 4.07. The second kappa shape index (κ2) is 6.13. The van der Waals surface area contributed by atoms with Crippen LogP contribution in [0.5, 0.6) is 0 Å². The molecule has 0 fully saturated rings. The van der Waals surface area contributed by atoms with Crippen molar-refractivity contribution in [2.24, 2.45) is 0 Å². The molecule has 0 unspecified atom stereocenters. The number of benzene rings is 2. The van der Waals surface area contributed by atoms with Crippen LogP contribution in [-0.2, 0) is 0 Å². The van der Waals surface area contributed by atoms with E-state index in [0.29, 0.717) is 21.5 Å². The van der Waals surface area contributed by atoms with E-state index in [1.165, 1.54) is 11.5 Å². The number of nitrogens with one attached hydrogen (secondary N) is 1. The molecule has 1 heterocycles. The minimum absolute atomic E-state index is 0.159. The summed E-state index contributed by atoms with van der Waals surface area (Å²) in [7, 11) is 0. The van der Waals surface area contributed by atoms with Gasteiger partial charge in [0.25, 0.3) is 5.91 Å². The number of rotatable bonds is 2. The average molecular weight is 341 g/mol. The Hall–Kier alpha value is -2.59. The van der Waals surface area contributed by atoms with E-state index in [1.807, 2.05) is 32.0 Å². The number of aromatic nitrogens is 1. The van der Waals surface area contributed by atoms with Crippen LogP contribution in [0.2, 0.25) is 5.02 Å². The zero-order valence-corrected chi connectivity index (χ0v) is 14.4. The monoisotopic (exact) mass is 340 g/mol. The van der Waals surface area contributed by atoms with E-state index in [-0.39, 0.29) is 11.8 Å². The molecule has 0 aliphatic heterocycles. The molecule has 1 amide bonds. The predicted molar refractivity (Wildman–Crippen MR) is 97.1 cm³/mol. The van der Waals surface area contributed by atoms with Crippen molar-refractivity contribution in [3.8, 4) is 0 Å². The number of halogens is 1. The number of amides is 1. The Kier molecular flexibility index (Phi) is 4.16. The Bertz CT molecular complexity index is 953. The van der Waals surface area contributed by atoms with Gasteiger partial charge in [-0.1, -0.05) is 29.8 Å². The number of carbonyl (C=O) groups is 2. The number of nitrogens with zero attached hydrogens (tertiary/aromatic N) is 1. The van der Waals surface area contributed by atoms with E-state index >= 15 is 0 Å². The van der Waals surface area contributed by atoms with Crippen molar-refractivity contribution in [3.63, 3.8) is 0 Å². The van der Waals surface area contributed by atoms with Crippen molar-refractivity contribution in [2.75, 3.05) is 5.32 Å². The van der Waals surface area contributed by atoms with Gasteiger partial charge in [-0.2, -0.15) is 0 Å². The summed E-state index contributed by atoms with van der Waals surface area (Å²) in [5, 5.41) is 4.12. The third-order valence-corrected chi connectivity index (χ3v) is 4.31. The third kappa shape index (κ3) is 2.81. The SMILES string of the molecule is CC(=O)n1cc(C(=O)Nc2c(C)cccc2C)c2cc(Cl)ccc21. The fourth-order valence-corrected chi connectivity index (χ4v) is 3.01. The summed E-state index contributed by atoms with van der Waals surface area (Å²) < 4.78 is 1.46. The molecule has 3 rings (SSSR count). The van der Waals surface area contributed by atoms with Crippen LogP contribution in [0, 0.1) is 13.8 Å². The molecule has 0 spiro atoms. The first-order valence-corrected chi connectivity index (χ1v) is 7.95. The van der Waals surface area contributed by atoms with Gasteiger partial charge < -0.3 is 5.32 Å². The van der Waals surface area contributed by atoms with E-state index in [9.17, 15) is 9.59 Å². The summed E-state index contributed by atoms with van der Waals surface area (Å²) in [5.74, 6) is -0.423. The van der Waals surface area contributed by atoms with Crippen molar-refractivity contribution < 1.29 is 9.59 Å². The maximum atomic E-state index is 12.8. The van der Waals surface area contributed by atoms with Crippen LogP contribution in [0.25, 0.3) is 10.9 Å². The van der Waals surface area contributed by atoms with Crippen molar-refractivity contribution in [3.05, 3.63) is 64.3 Å². The highest BCUT2D eigenvalue weighted by Gasteiger charge is 2.18. The molecule has 0 aliphatic rings. The van der Waals surface area contributed by atoms with Gasteiger partial charge in [-0.3, -0.25) is 14.2 Å². The van der Waals surface area contributed by atoms with E-state index in [0.717, 1.165) is 16.8 Å². The normalized spacial score (nSPS) is 10.8. The van der Waals surface area contributed by atoms with Gasteiger partial charge in [0.1, 0.15) is 0 Å². The number of anilines is 1. The quantitative estimate of drug-likeness (QED) is 0.726. The number of hydrogen-bond donors (Lipinski definition) is 1. The Labute approximate surface area is 145 Å². The zero-order valence-electron chi connectivity index (χ0n) is 13.7. The van der Waals surface area contributed by atoms with Crippen LogP contribution in [0.1, 0.15) is 33.2 Å². The largest absolute Gasteiger partial charge is 0.321 e. The van der Waals surface area contributed by atoms with Crippen molar-refractivity contribution >= 4 is 40.0 Å². The number of aryl methyl sites for hydroxylation is 2. The molecule has 24 heavy (non-hydrogen) atoms. The van der Waals surface area contributed by atoms with Crippen molar-refractivity contribution in [1.82, 2.24) is 4.57 Å². The average Bonchev–Trinajstić information content (AvgIpc) is 2.90. The van der Waals surface area contributed by atoms with Crippen LogP contribution in [0.3, 0.4) is 0 Å². The number of fused-ring (bicyclic) bond motifs is 1. The fourth-order valence-electron chi connectivity index (χ4n) is 2.84. The summed E-state index contributed by atoms with van der Waals surface area (Å²) in [4.78, 5) is 24.6. The molecule has 0 saturated carbocycles. The summed E-state index contributed by atoms with van der Waals surface area (Å²) in [6, 6.07) is 11.0. The Balaban J connectivity index is 2.10. The van der Waals surface area contributed by atoms with Crippen molar-refractivity contribution in [1.29, 1.82) is 0 Å². The zero-order chi connectivity index (χ0) is 17.4. The first-order valence-electron chi connectivity index (χ1n) is 7.57. The molecule has 2 aromatic carbocycles. The Morgan fingerprint density at radius 1 is 1.08 bits per heavy atom. The molecule has 0 bridgehead atoms. The highest BCUT2D eigenvalue weighted by atomic mass is 35.5. The lowest BCUT2D eigenvalue weighted by Crippen LogP contribution is -2.13. The molecular formula is C19H17ClN2O2. The summed E-state index contributed by atoms with van der Waals surface area (Å²) in [6.07, 6.45) is 1.56. The van der Waals surface area contributed by atoms with Gasteiger partial charge in [0.15, 0.2) is 0 Å². The highest BCUT2D eigenvalue weighted by molar-refractivity contribution is 6.31. The lowest BCUT2D eigenvalue weighted by Gasteiger charge is -2.11. The second-order valence-electron chi connectivity index (χ2n) is 5.81. The molecule has 0 atom stereocenters. The van der Waals surface area contributed by atoms with Crippen LogP contribution < -0.4 is 5.32 Å². The molecule has 0 aliphatic carbocycles. The van der Waals surface area contributed by atoms with E-state index in [2.05, 4.69) is 5.32 Å². The molecule has 1 aromatic heterocycles. The Morgan fingerprint density at radius 3 is 2.38 bits per heavy atom. The smallest absolute Gasteiger partial charge is 0.257 e.